The van der Waals surface area contributed by atoms with Gasteiger partial charge in [0, 0.05) is 42.5 Å². The number of hydrogen-bond donors (Lipinski definition) is 2. The molecule has 0 unspecified atom stereocenters. The van der Waals surface area contributed by atoms with Crippen LogP contribution >= 0.6 is 0 Å². The summed E-state index contributed by atoms with van der Waals surface area (Å²) in [5, 5.41) is 14.2. The van der Waals surface area contributed by atoms with Crippen molar-refractivity contribution in [3.63, 3.8) is 0 Å². The molecule has 2 aromatic carbocycles. The zero-order valence-electron chi connectivity index (χ0n) is 16.7. The highest BCUT2D eigenvalue weighted by Gasteiger charge is 2.22. The summed E-state index contributed by atoms with van der Waals surface area (Å²) >= 11 is 0. The number of furan rings is 1. The van der Waals surface area contributed by atoms with E-state index < -0.39 is 5.97 Å². The summed E-state index contributed by atoms with van der Waals surface area (Å²) in [5.74, 6) is -0.454. The number of aryl methyl sites for hydroxylation is 1. The number of nitrogens with one attached hydrogen (secondary N) is 1. The number of carbonyl (C=O) groups is 1. The van der Waals surface area contributed by atoms with Crippen LogP contribution < -0.4 is 5.32 Å². The molecule has 0 amide bonds. The van der Waals surface area contributed by atoms with Gasteiger partial charge in [0.25, 0.3) is 0 Å². The minimum atomic E-state index is -0.997. The molecule has 0 atom stereocenters. The lowest BCUT2D eigenvalue weighted by atomic mass is 10.1. The zero-order chi connectivity index (χ0) is 21.1. The lowest BCUT2D eigenvalue weighted by Crippen LogP contribution is -2.19. The molecule has 0 aliphatic rings. The molecule has 2 heterocycles. The van der Waals surface area contributed by atoms with Gasteiger partial charge in [-0.1, -0.05) is 24.3 Å². The Kier molecular flexibility index (Phi) is 5.68. The van der Waals surface area contributed by atoms with Gasteiger partial charge in [-0.25, -0.2) is 9.18 Å². The third-order valence-electron chi connectivity index (χ3n) is 5.19. The highest BCUT2D eigenvalue weighted by atomic mass is 19.1. The third kappa shape index (κ3) is 4.14. The van der Waals surface area contributed by atoms with Crippen LogP contribution in [-0.2, 0) is 19.5 Å². The van der Waals surface area contributed by atoms with Crippen LogP contribution in [0.5, 0.6) is 0 Å². The molecule has 2 N–H and O–H groups in total. The number of carboxylic acids is 1. The molecule has 0 fully saturated rings. The fraction of sp³-hybridized carbons (Fsp3) is 0.208. The minimum absolute atomic E-state index is 0.227. The van der Waals surface area contributed by atoms with E-state index in [-0.39, 0.29) is 18.1 Å². The molecule has 0 saturated heterocycles. The van der Waals surface area contributed by atoms with Crippen LogP contribution in [-0.4, -0.2) is 22.2 Å². The summed E-state index contributed by atoms with van der Waals surface area (Å²) in [5.41, 5.74) is 3.54. The maximum atomic E-state index is 13.7. The van der Waals surface area contributed by atoms with E-state index in [1.807, 2.05) is 37.3 Å². The number of rotatable bonds is 8. The SMILES string of the molecule is Cc1ccc2c(CNCCc3ccco3)c(C(=O)O)n(Cc3cccc(F)c3)c2c1. The van der Waals surface area contributed by atoms with Crippen LogP contribution in [0.15, 0.2) is 65.3 Å². The van der Waals surface area contributed by atoms with Crippen molar-refractivity contribution in [3.8, 4) is 0 Å². The van der Waals surface area contributed by atoms with Crippen LogP contribution in [0.4, 0.5) is 4.39 Å². The molecule has 2 aromatic heterocycles. The van der Waals surface area contributed by atoms with Gasteiger partial charge in [-0.3, -0.25) is 0 Å². The van der Waals surface area contributed by atoms with E-state index in [0.29, 0.717) is 18.7 Å². The van der Waals surface area contributed by atoms with Gasteiger partial charge in [0.15, 0.2) is 0 Å². The minimum Gasteiger partial charge on any atom is -0.477 e. The van der Waals surface area contributed by atoms with Crippen LogP contribution in [0.3, 0.4) is 0 Å². The number of benzene rings is 2. The molecule has 4 rings (SSSR count). The second-order valence-corrected chi connectivity index (χ2v) is 7.38. The standard InChI is InChI=1S/C24H23FN2O3/c1-16-7-8-20-21(14-26-10-9-19-6-3-11-30-19)23(24(28)29)27(22(20)12-16)15-17-4-2-5-18(25)13-17/h2-8,11-13,26H,9-10,14-15H2,1H3,(H,28,29). The van der Waals surface area contributed by atoms with Gasteiger partial charge < -0.3 is 19.4 Å². The lowest BCUT2D eigenvalue weighted by molar-refractivity contribution is 0.0684. The Hall–Kier alpha value is -3.38. The van der Waals surface area contributed by atoms with Gasteiger partial charge in [0.1, 0.15) is 17.3 Å². The molecule has 154 valence electrons. The number of aromatic nitrogens is 1. The predicted molar refractivity (Wildman–Crippen MR) is 113 cm³/mol. The van der Waals surface area contributed by atoms with E-state index in [1.54, 1.807) is 23.0 Å². The highest BCUT2D eigenvalue weighted by molar-refractivity contribution is 5.98. The van der Waals surface area contributed by atoms with E-state index >= 15 is 0 Å². The summed E-state index contributed by atoms with van der Waals surface area (Å²) in [6.07, 6.45) is 2.36. The Morgan fingerprint density at radius 1 is 1.17 bits per heavy atom. The van der Waals surface area contributed by atoms with Crippen molar-refractivity contribution in [3.05, 3.63) is 94.8 Å². The fourth-order valence-corrected chi connectivity index (χ4v) is 3.82. The first-order valence-corrected chi connectivity index (χ1v) is 9.85. The normalized spacial score (nSPS) is 11.3. The second kappa shape index (κ2) is 8.55. The van der Waals surface area contributed by atoms with Gasteiger partial charge >= 0.3 is 5.97 Å². The highest BCUT2D eigenvalue weighted by Crippen LogP contribution is 2.29. The van der Waals surface area contributed by atoms with E-state index in [1.165, 1.54) is 12.1 Å². The second-order valence-electron chi connectivity index (χ2n) is 7.38. The molecular formula is C24H23FN2O3. The molecule has 0 bridgehead atoms. The number of hydrogen-bond acceptors (Lipinski definition) is 3. The topological polar surface area (TPSA) is 67.4 Å². The number of halogens is 1. The Balaban J connectivity index is 1.69. The van der Waals surface area contributed by atoms with Crippen molar-refractivity contribution in [2.45, 2.75) is 26.4 Å². The summed E-state index contributed by atoms with van der Waals surface area (Å²) in [4.78, 5) is 12.2. The quantitative estimate of drug-likeness (QED) is 0.414. The maximum Gasteiger partial charge on any atom is 0.352 e. The first kappa shape index (κ1) is 19.9. The molecule has 0 aliphatic carbocycles. The first-order chi connectivity index (χ1) is 14.5. The van der Waals surface area contributed by atoms with Crippen LogP contribution in [0.1, 0.15) is 32.9 Å². The molecule has 0 radical (unpaired) electrons. The molecule has 0 saturated carbocycles. The Morgan fingerprint density at radius 3 is 2.77 bits per heavy atom. The average molecular weight is 406 g/mol. The summed E-state index contributed by atoms with van der Waals surface area (Å²) < 4.78 is 20.8. The number of aromatic carboxylic acids is 1. The molecule has 4 aromatic rings. The molecule has 0 aliphatic heterocycles. The van der Waals surface area contributed by atoms with E-state index in [0.717, 1.165) is 34.2 Å². The van der Waals surface area contributed by atoms with E-state index in [4.69, 9.17) is 4.42 Å². The van der Waals surface area contributed by atoms with Crippen molar-refractivity contribution >= 4 is 16.9 Å². The van der Waals surface area contributed by atoms with Crippen LogP contribution in [0.25, 0.3) is 10.9 Å². The molecular weight excluding hydrogens is 383 g/mol. The Bertz CT molecular complexity index is 1180. The predicted octanol–water partition coefficient (Wildman–Crippen LogP) is 4.76. The molecule has 30 heavy (non-hydrogen) atoms. The van der Waals surface area contributed by atoms with Crippen molar-refractivity contribution in [2.24, 2.45) is 0 Å². The van der Waals surface area contributed by atoms with Crippen LogP contribution in [0.2, 0.25) is 0 Å². The Labute approximate surface area is 173 Å². The van der Waals surface area contributed by atoms with Gasteiger partial charge in [0.05, 0.1) is 6.26 Å². The van der Waals surface area contributed by atoms with E-state index in [9.17, 15) is 14.3 Å². The maximum absolute atomic E-state index is 13.7. The van der Waals surface area contributed by atoms with Crippen molar-refractivity contribution in [1.29, 1.82) is 0 Å². The first-order valence-electron chi connectivity index (χ1n) is 9.85. The van der Waals surface area contributed by atoms with Crippen molar-refractivity contribution in [1.82, 2.24) is 9.88 Å². The van der Waals surface area contributed by atoms with Crippen LogP contribution in [0, 0.1) is 12.7 Å². The summed E-state index contributed by atoms with van der Waals surface area (Å²) in [6.45, 7) is 3.33. The summed E-state index contributed by atoms with van der Waals surface area (Å²) in [6, 6.07) is 15.9. The number of nitrogens with zero attached hydrogens (tertiary/aromatic N) is 1. The molecule has 6 heteroatoms. The fourth-order valence-electron chi connectivity index (χ4n) is 3.82. The average Bonchev–Trinajstić information content (AvgIpc) is 3.32. The number of carboxylic acid groups (broad SMARTS) is 1. The smallest absolute Gasteiger partial charge is 0.352 e. The van der Waals surface area contributed by atoms with Gasteiger partial charge in [-0.15, -0.1) is 0 Å². The lowest BCUT2D eigenvalue weighted by Gasteiger charge is -2.10. The molecule has 5 nitrogen and oxygen atoms in total. The number of fused-ring (bicyclic) bond motifs is 1. The van der Waals surface area contributed by atoms with Crippen molar-refractivity contribution in [2.75, 3.05) is 6.54 Å². The van der Waals surface area contributed by atoms with Gasteiger partial charge in [-0.05, 0) is 48.4 Å². The monoisotopic (exact) mass is 406 g/mol. The largest absolute Gasteiger partial charge is 0.477 e. The molecule has 0 spiro atoms. The third-order valence-corrected chi connectivity index (χ3v) is 5.19. The zero-order valence-corrected chi connectivity index (χ0v) is 16.7. The van der Waals surface area contributed by atoms with E-state index in [2.05, 4.69) is 5.32 Å². The van der Waals surface area contributed by atoms with Gasteiger partial charge in [0.2, 0.25) is 0 Å². The van der Waals surface area contributed by atoms with Crippen molar-refractivity contribution < 1.29 is 18.7 Å². The Morgan fingerprint density at radius 2 is 2.03 bits per heavy atom. The van der Waals surface area contributed by atoms with Gasteiger partial charge in [-0.2, -0.15) is 0 Å². The summed E-state index contributed by atoms with van der Waals surface area (Å²) in [7, 11) is 0.